The summed E-state index contributed by atoms with van der Waals surface area (Å²) in [5, 5.41) is 0. The van der Waals surface area contributed by atoms with Crippen molar-refractivity contribution in [1.82, 2.24) is 13.5 Å². The van der Waals surface area contributed by atoms with Gasteiger partial charge in [-0.15, -0.1) is 0 Å². The second-order valence-corrected chi connectivity index (χ2v) is 8.53. The first-order valence-corrected chi connectivity index (χ1v) is 9.93. The van der Waals surface area contributed by atoms with Crippen LogP contribution < -0.4 is 4.90 Å². The van der Waals surface area contributed by atoms with Crippen molar-refractivity contribution in [2.24, 2.45) is 0 Å². The fourth-order valence-electron chi connectivity index (χ4n) is 2.97. The molecule has 25 heavy (non-hydrogen) atoms. The van der Waals surface area contributed by atoms with Gasteiger partial charge in [-0.3, -0.25) is 9.69 Å². The summed E-state index contributed by atoms with van der Waals surface area (Å²) in [6, 6.07) is 7.85. The molecule has 1 aliphatic heterocycles. The lowest BCUT2D eigenvalue weighted by Crippen LogP contribution is -2.53. The lowest BCUT2D eigenvalue weighted by Gasteiger charge is -2.35. The number of para-hydroxylation sites is 1. The van der Waals surface area contributed by atoms with E-state index >= 15 is 0 Å². The van der Waals surface area contributed by atoms with Crippen LogP contribution in [0.4, 0.5) is 5.69 Å². The molecule has 0 aromatic heterocycles. The Labute approximate surface area is 151 Å². The Hall–Kier alpha value is -1.48. The number of aryl methyl sites for hydroxylation is 1. The summed E-state index contributed by atoms with van der Waals surface area (Å²) in [6.07, 6.45) is 0. The molecule has 8 heteroatoms. The maximum Gasteiger partial charge on any atom is 0.281 e. The van der Waals surface area contributed by atoms with Crippen molar-refractivity contribution in [2.45, 2.75) is 13.8 Å². The first-order valence-electron chi connectivity index (χ1n) is 8.53. The summed E-state index contributed by atoms with van der Waals surface area (Å²) in [7, 11) is -0.308. The van der Waals surface area contributed by atoms with Crippen molar-refractivity contribution in [3.63, 3.8) is 0 Å². The van der Waals surface area contributed by atoms with Crippen LogP contribution >= 0.6 is 0 Å². The molecule has 140 valence electrons. The van der Waals surface area contributed by atoms with E-state index in [-0.39, 0.29) is 5.91 Å². The first-order chi connectivity index (χ1) is 11.8. The van der Waals surface area contributed by atoms with E-state index in [0.29, 0.717) is 39.3 Å². The van der Waals surface area contributed by atoms with Gasteiger partial charge < -0.3 is 4.90 Å². The third-order valence-corrected chi connectivity index (χ3v) is 6.44. The van der Waals surface area contributed by atoms with E-state index in [9.17, 15) is 13.2 Å². The van der Waals surface area contributed by atoms with Gasteiger partial charge in [0.15, 0.2) is 0 Å². The maximum absolute atomic E-state index is 12.7. The molecule has 7 nitrogen and oxygen atoms in total. The van der Waals surface area contributed by atoms with Gasteiger partial charge in [0.05, 0.1) is 6.54 Å². The van der Waals surface area contributed by atoms with Crippen LogP contribution in [0.25, 0.3) is 0 Å². The molecule has 0 spiro atoms. The van der Waals surface area contributed by atoms with Crippen molar-refractivity contribution >= 4 is 21.8 Å². The number of amides is 1. The summed E-state index contributed by atoms with van der Waals surface area (Å²) in [4.78, 5) is 16.5. The van der Waals surface area contributed by atoms with Crippen LogP contribution in [0.2, 0.25) is 0 Å². The Morgan fingerprint density at radius 2 is 1.72 bits per heavy atom. The monoisotopic (exact) mass is 368 g/mol. The average molecular weight is 369 g/mol. The minimum absolute atomic E-state index is 0.0423. The third-order valence-electron chi connectivity index (χ3n) is 4.50. The summed E-state index contributed by atoms with van der Waals surface area (Å²) in [5.41, 5.74) is 2.00. The van der Waals surface area contributed by atoms with Gasteiger partial charge in [0.25, 0.3) is 10.2 Å². The molecule has 1 fully saturated rings. The van der Waals surface area contributed by atoms with Crippen LogP contribution in [0.15, 0.2) is 24.3 Å². The van der Waals surface area contributed by atoms with E-state index in [4.69, 9.17) is 0 Å². The zero-order valence-electron chi connectivity index (χ0n) is 15.5. The molecule has 0 N–H and O–H groups in total. The van der Waals surface area contributed by atoms with Gasteiger partial charge in [-0.2, -0.15) is 17.0 Å². The van der Waals surface area contributed by atoms with Gasteiger partial charge in [-0.25, -0.2) is 0 Å². The second kappa shape index (κ2) is 8.27. The Morgan fingerprint density at radius 3 is 2.24 bits per heavy atom. The topological polar surface area (TPSA) is 64.2 Å². The van der Waals surface area contributed by atoms with Crippen LogP contribution in [0.1, 0.15) is 12.5 Å². The van der Waals surface area contributed by atoms with Crippen molar-refractivity contribution in [1.29, 1.82) is 0 Å². The molecule has 0 bridgehead atoms. The maximum atomic E-state index is 12.7. The van der Waals surface area contributed by atoms with Gasteiger partial charge in [-0.05, 0) is 25.5 Å². The molecule has 0 radical (unpaired) electrons. The predicted molar refractivity (Wildman–Crippen MR) is 99.8 cm³/mol. The van der Waals surface area contributed by atoms with Gasteiger partial charge in [0, 0.05) is 52.5 Å². The third kappa shape index (κ3) is 4.58. The number of anilines is 1. The van der Waals surface area contributed by atoms with Gasteiger partial charge in [0.1, 0.15) is 0 Å². The second-order valence-electron chi connectivity index (χ2n) is 6.39. The van der Waals surface area contributed by atoms with E-state index in [1.165, 1.54) is 22.7 Å². The van der Waals surface area contributed by atoms with Crippen LogP contribution in [0, 0.1) is 6.92 Å². The Balaban J connectivity index is 1.97. The summed E-state index contributed by atoms with van der Waals surface area (Å²) in [5.74, 6) is 0.0423. The van der Waals surface area contributed by atoms with Crippen molar-refractivity contribution in [3.8, 4) is 0 Å². The molecule has 1 amide bonds. The van der Waals surface area contributed by atoms with E-state index in [1.54, 1.807) is 4.90 Å². The number of likely N-dealkylation sites (N-methyl/N-ethyl adjacent to an activating group) is 1. The van der Waals surface area contributed by atoms with E-state index in [0.717, 1.165) is 11.3 Å². The van der Waals surface area contributed by atoms with Crippen LogP contribution in [-0.4, -0.2) is 81.2 Å². The molecule has 1 heterocycles. The Morgan fingerprint density at radius 1 is 1.12 bits per heavy atom. The number of benzene rings is 1. The number of rotatable bonds is 6. The minimum atomic E-state index is -3.38. The highest BCUT2D eigenvalue weighted by Gasteiger charge is 2.29. The molecule has 0 atom stereocenters. The molecular weight excluding hydrogens is 340 g/mol. The van der Waals surface area contributed by atoms with Crippen LogP contribution in [0.3, 0.4) is 0 Å². The van der Waals surface area contributed by atoms with Crippen molar-refractivity contribution < 1.29 is 13.2 Å². The number of hydrogen-bond acceptors (Lipinski definition) is 4. The normalized spacial score (nSPS) is 17.0. The fraction of sp³-hybridized carbons (Fsp3) is 0.588. The smallest absolute Gasteiger partial charge is 0.281 e. The number of nitrogens with zero attached hydrogens (tertiary/aromatic N) is 4. The molecule has 1 aliphatic rings. The molecule has 0 unspecified atom stereocenters. The van der Waals surface area contributed by atoms with E-state index < -0.39 is 10.2 Å². The SMILES string of the molecule is CCN(C(=O)CN1CCN(S(=O)(=O)N(C)C)CC1)c1ccccc1C. The molecule has 0 saturated carbocycles. The van der Waals surface area contributed by atoms with Crippen molar-refractivity contribution in [3.05, 3.63) is 29.8 Å². The molecule has 0 aliphatic carbocycles. The standard InChI is InChI=1S/C17H28N4O3S/c1-5-21(16-9-7-6-8-15(16)2)17(22)14-19-10-12-20(13-11-19)25(23,24)18(3)4/h6-9H,5,10-14H2,1-4H3. The zero-order chi connectivity index (χ0) is 18.6. The quantitative estimate of drug-likeness (QED) is 0.744. The first kappa shape index (κ1) is 19.8. The highest BCUT2D eigenvalue weighted by molar-refractivity contribution is 7.86. The molecule has 1 saturated heterocycles. The largest absolute Gasteiger partial charge is 0.311 e. The molecular formula is C17H28N4O3S. The number of carbonyl (C=O) groups is 1. The van der Waals surface area contributed by atoms with Gasteiger partial charge in [-0.1, -0.05) is 18.2 Å². The summed E-state index contributed by atoms with van der Waals surface area (Å²) >= 11 is 0. The lowest BCUT2D eigenvalue weighted by atomic mass is 10.1. The lowest BCUT2D eigenvalue weighted by molar-refractivity contribution is -0.120. The fourth-order valence-corrected chi connectivity index (χ4v) is 4.06. The highest BCUT2D eigenvalue weighted by Crippen LogP contribution is 2.20. The average Bonchev–Trinajstić information content (AvgIpc) is 2.57. The van der Waals surface area contributed by atoms with Crippen LogP contribution in [0.5, 0.6) is 0 Å². The molecule has 1 aromatic rings. The predicted octanol–water partition coefficient (Wildman–Crippen LogP) is 0.772. The molecule has 1 aromatic carbocycles. The number of hydrogen-bond donors (Lipinski definition) is 0. The summed E-state index contributed by atoms with van der Waals surface area (Å²) < 4.78 is 27.0. The van der Waals surface area contributed by atoms with Crippen molar-refractivity contribution in [2.75, 3.05) is 58.3 Å². The number of piperazine rings is 1. The van der Waals surface area contributed by atoms with E-state index in [1.807, 2.05) is 43.0 Å². The highest BCUT2D eigenvalue weighted by atomic mass is 32.2. The van der Waals surface area contributed by atoms with E-state index in [2.05, 4.69) is 0 Å². The number of carbonyl (C=O) groups excluding carboxylic acids is 1. The zero-order valence-corrected chi connectivity index (χ0v) is 16.3. The Kier molecular flexibility index (Phi) is 6.56. The Bertz CT molecular complexity index is 698. The minimum Gasteiger partial charge on any atom is -0.311 e. The summed E-state index contributed by atoms with van der Waals surface area (Å²) in [6.45, 7) is 6.81. The van der Waals surface area contributed by atoms with Gasteiger partial charge in [0.2, 0.25) is 5.91 Å². The van der Waals surface area contributed by atoms with Crippen LogP contribution in [-0.2, 0) is 15.0 Å². The van der Waals surface area contributed by atoms with Gasteiger partial charge >= 0.3 is 0 Å². The molecule has 2 rings (SSSR count).